The fourth-order valence-corrected chi connectivity index (χ4v) is 2.47. The summed E-state index contributed by atoms with van der Waals surface area (Å²) < 4.78 is 11.6. The summed E-state index contributed by atoms with van der Waals surface area (Å²) >= 11 is 0. The summed E-state index contributed by atoms with van der Waals surface area (Å²) in [5.41, 5.74) is 3.54. The first-order valence-electron chi connectivity index (χ1n) is 8.30. The number of para-hydroxylation sites is 1. The minimum Gasteiger partial charge on any atom is -0.493 e. The molecule has 1 N–H and O–H groups in total. The maximum absolute atomic E-state index is 6.13. The van der Waals surface area contributed by atoms with Crippen molar-refractivity contribution in [2.75, 3.05) is 34.3 Å². The molecule has 2 aromatic carbocycles. The Labute approximate surface area is 145 Å². The summed E-state index contributed by atoms with van der Waals surface area (Å²) in [7, 11) is 5.83. The fraction of sp³-hybridized carbons (Fsp3) is 0.400. The number of rotatable bonds is 9. The highest BCUT2D eigenvalue weighted by Gasteiger charge is 2.11. The van der Waals surface area contributed by atoms with Gasteiger partial charge in [-0.25, -0.2) is 0 Å². The molecule has 0 atom stereocenters. The molecule has 4 heteroatoms. The summed E-state index contributed by atoms with van der Waals surface area (Å²) in [5, 5.41) is 3.46. The number of ether oxygens (including phenoxy) is 2. The van der Waals surface area contributed by atoms with Gasteiger partial charge in [-0.2, -0.15) is 0 Å². The molecule has 0 spiro atoms. The van der Waals surface area contributed by atoms with Gasteiger partial charge in [0.25, 0.3) is 0 Å². The van der Waals surface area contributed by atoms with Crippen molar-refractivity contribution in [3.63, 3.8) is 0 Å². The summed E-state index contributed by atoms with van der Waals surface area (Å²) in [5.74, 6) is 1.59. The van der Waals surface area contributed by atoms with Gasteiger partial charge in [-0.15, -0.1) is 0 Å². The Hall–Kier alpha value is -2.04. The lowest BCUT2D eigenvalue weighted by Gasteiger charge is -2.17. The number of hydrogen-bond donors (Lipinski definition) is 1. The molecule has 0 saturated carbocycles. The molecule has 130 valence electrons. The van der Waals surface area contributed by atoms with Crippen molar-refractivity contribution < 1.29 is 9.47 Å². The zero-order valence-corrected chi connectivity index (χ0v) is 15.1. The molecule has 0 aromatic heterocycles. The van der Waals surface area contributed by atoms with Gasteiger partial charge in [-0.05, 0) is 38.2 Å². The Morgan fingerprint density at radius 1 is 1.00 bits per heavy atom. The lowest BCUT2D eigenvalue weighted by Crippen LogP contribution is -2.26. The average Bonchev–Trinajstić information content (AvgIpc) is 2.58. The minimum absolute atomic E-state index is 0.539. The van der Waals surface area contributed by atoms with Crippen LogP contribution in [-0.2, 0) is 13.2 Å². The first-order chi connectivity index (χ1) is 11.6. The maximum atomic E-state index is 6.13. The summed E-state index contributed by atoms with van der Waals surface area (Å²) in [6.45, 7) is 5.33. The van der Waals surface area contributed by atoms with E-state index in [1.165, 1.54) is 11.1 Å². The smallest absolute Gasteiger partial charge is 0.166 e. The van der Waals surface area contributed by atoms with Gasteiger partial charge < -0.3 is 19.7 Å². The average molecular weight is 328 g/mol. The van der Waals surface area contributed by atoms with Gasteiger partial charge >= 0.3 is 0 Å². The highest BCUT2D eigenvalue weighted by atomic mass is 16.5. The monoisotopic (exact) mass is 328 g/mol. The van der Waals surface area contributed by atoms with Crippen LogP contribution >= 0.6 is 0 Å². The highest BCUT2D eigenvalue weighted by Crippen LogP contribution is 2.32. The van der Waals surface area contributed by atoms with Gasteiger partial charge in [0.2, 0.25) is 0 Å². The number of aryl methyl sites for hydroxylation is 1. The molecular weight excluding hydrogens is 300 g/mol. The van der Waals surface area contributed by atoms with Gasteiger partial charge in [0.15, 0.2) is 11.5 Å². The van der Waals surface area contributed by atoms with Crippen LogP contribution in [0.25, 0.3) is 0 Å². The lowest BCUT2D eigenvalue weighted by atomic mass is 10.1. The van der Waals surface area contributed by atoms with Crippen molar-refractivity contribution in [3.05, 3.63) is 59.2 Å². The molecule has 0 radical (unpaired) electrons. The molecule has 0 unspecified atom stereocenters. The second kappa shape index (κ2) is 9.30. The van der Waals surface area contributed by atoms with E-state index in [4.69, 9.17) is 9.47 Å². The predicted molar refractivity (Wildman–Crippen MR) is 98.8 cm³/mol. The van der Waals surface area contributed by atoms with Crippen LogP contribution in [0.15, 0.2) is 42.5 Å². The van der Waals surface area contributed by atoms with Gasteiger partial charge in [-0.1, -0.05) is 36.4 Å². The van der Waals surface area contributed by atoms with Crippen LogP contribution in [0.2, 0.25) is 0 Å². The van der Waals surface area contributed by atoms with E-state index in [2.05, 4.69) is 49.4 Å². The van der Waals surface area contributed by atoms with E-state index in [1.54, 1.807) is 7.11 Å². The Morgan fingerprint density at radius 2 is 1.75 bits per heavy atom. The molecular formula is C20H28N2O2. The molecule has 2 rings (SSSR count). The molecule has 24 heavy (non-hydrogen) atoms. The van der Waals surface area contributed by atoms with E-state index in [1.807, 2.05) is 24.3 Å². The van der Waals surface area contributed by atoms with Crippen LogP contribution in [0.3, 0.4) is 0 Å². The van der Waals surface area contributed by atoms with Gasteiger partial charge in [0.05, 0.1) is 7.11 Å². The van der Waals surface area contributed by atoms with Crippen molar-refractivity contribution in [1.82, 2.24) is 10.2 Å². The Balaban J connectivity index is 2.07. The number of nitrogens with one attached hydrogen (secondary N) is 1. The Kier molecular flexibility index (Phi) is 7.09. The van der Waals surface area contributed by atoms with Crippen LogP contribution < -0.4 is 14.8 Å². The first kappa shape index (κ1) is 18.3. The molecule has 0 heterocycles. The standard InChI is InChI=1S/C20H28N2O2/c1-16-8-5-6-9-18(16)15-24-20-17(10-7-11-19(20)23-4)14-21-12-13-22(2)3/h5-11,21H,12-15H2,1-4H3. The SMILES string of the molecule is COc1cccc(CNCCN(C)C)c1OCc1ccccc1C. The van der Waals surface area contributed by atoms with E-state index in [-0.39, 0.29) is 0 Å². The molecule has 0 aliphatic carbocycles. The molecule has 0 bridgehead atoms. The van der Waals surface area contributed by atoms with E-state index >= 15 is 0 Å². The maximum Gasteiger partial charge on any atom is 0.166 e. The Bertz CT molecular complexity index is 641. The van der Waals surface area contributed by atoms with Crippen LogP contribution in [0.4, 0.5) is 0 Å². The van der Waals surface area contributed by atoms with E-state index in [9.17, 15) is 0 Å². The summed E-state index contributed by atoms with van der Waals surface area (Å²) in [6, 6.07) is 14.3. The molecule has 0 aliphatic rings. The third kappa shape index (κ3) is 5.25. The van der Waals surface area contributed by atoms with Crippen molar-refractivity contribution in [1.29, 1.82) is 0 Å². The molecule has 0 amide bonds. The van der Waals surface area contributed by atoms with Crippen molar-refractivity contribution in [2.24, 2.45) is 0 Å². The van der Waals surface area contributed by atoms with E-state index in [0.717, 1.165) is 36.7 Å². The lowest BCUT2D eigenvalue weighted by molar-refractivity contribution is 0.280. The van der Waals surface area contributed by atoms with Crippen molar-refractivity contribution in [3.8, 4) is 11.5 Å². The Morgan fingerprint density at radius 3 is 2.46 bits per heavy atom. The highest BCUT2D eigenvalue weighted by molar-refractivity contribution is 5.46. The van der Waals surface area contributed by atoms with Gasteiger partial charge in [0, 0.05) is 25.2 Å². The van der Waals surface area contributed by atoms with Gasteiger partial charge in [0.1, 0.15) is 6.61 Å². The summed E-state index contributed by atoms with van der Waals surface area (Å²) in [4.78, 5) is 2.16. The third-order valence-corrected chi connectivity index (χ3v) is 3.96. The topological polar surface area (TPSA) is 33.7 Å². The van der Waals surface area contributed by atoms with Gasteiger partial charge in [-0.3, -0.25) is 0 Å². The number of hydrogen-bond acceptors (Lipinski definition) is 4. The second-order valence-corrected chi connectivity index (χ2v) is 6.14. The normalized spacial score (nSPS) is 10.9. The minimum atomic E-state index is 0.539. The van der Waals surface area contributed by atoms with Crippen molar-refractivity contribution in [2.45, 2.75) is 20.1 Å². The molecule has 2 aromatic rings. The number of benzene rings is 2. The second-order valence-electron chi connectivity index (χ2n) is 6.14. The molecule has 0 saturated heterocycles. The molecule has 4 nitrogen and oxygen atoms in total. The van der Waals surface area contributed by atoms with Crippen LogP contribution in [-0.4, -0.2) is 39.2 Å². The summed E-state index contributed by atoms with van der Waals surface area (Å²) in [6.07, 6.45) is 0. The molecule has 0 aliphatic heterocycles. The zero-order chi connectivity index (χ0) is 17.4. The number of methoxy groups -OCH3 is 1. The fourth-order valence-electron chi connectivity index (χ4n) is 2.47. The molecule has 0 fully saturated rings. The van der Waals surface area contributed by atoms with E-state index in [0.29, 0.717) is 6.61 Å². The predicted octanol–water partition coefficient (Wildman–Crippen LogP) is 3.23. The number of nitrogens with zero attached hydrogens (tertiary/aromatic N) is 1. The quantitative estimate of drug-likeness (QED) is 0.717. The van der Waals surface area contributed by atoms with Crippen LogP contribution in [0, 0.1) is 6.92 Å². The number of likely N-dealkylation sites (N-methyl/N-ethyl adjacent to an activating group) is 1. The van der Waals surface area contributed by atoms with Crippen LogP contribution in [0.5, 0.6) is 11.5 Å². The largest absolute Gasteiger partial charge is 0.493 e. The third-order valence-electron chi connectivity index (χ3n) is 3.96. The van der Waals surface area contributed by atoms with E-state index < -0.39 is 0 Å². The zero-order valence-electron chi connectivity index (χ0n) is 15.1. The first-order valence-corrected chi connectivity index (χ1v) is 8.30. The van der Waals surface area contributed by atoms with Crippen LogP contribution in [0.1, 0.15) is 16.7 Å². The van der Waals surface area contributed by atoms with Crippen molar-refractivity contribution >= 4 is 0 Å².